The first kappa shape index (κ1) is 11.7. The Morgan fingerprint density at radius 1 is 1.44 bits per heavy atom. The molecule has 0 saturated carbocycles. The normalized spacial score (nSPS) is 19.6. The van der Waals surface area contributed by atoms with Crippen LogP contribution in [0.2, 0.25) is 0 Å². The van der Waals surface area contributed by atoms with Gasteiger partial charge >= 0.3 is 0 Å². The van der Waals surface area contributed by atoms with Crippen molar-refractivity contribution in [3.05, 3.63) is 36.0 Å². The number of nitrogens with one attached hydrogen (secondary N) is 1. The molecule has 1 amide bonds. The molecule has 3 rings (SSSR count). The Morgan fingerprint density at radius 3 is 3.06 bits per heavy atom. The van der Waals surface area contributed by atoms with Gasteiger partial charge in [0.1, 0.15) is 0 Å². The summed E-state index contributed by atoms with van der Waals surface area (Å²) in [7, 11) is 0. The van der Waals surface area contributed by atoms with Crippen LogP contribution in [0.1, 0.15) is 16.8 Å². The first-order chi connectivity index (χ1) is 8.79. The molecule has 4 heteroatoms. The van der Waals surface area contributed by atoms with Crippen molar-refractivity contribution in [3.8, 4) is 0 Å². The van der Waals surface area contributed by atoms with Crippen molar-refractivity contribution < 1.29 is 4.79 Å². The van der Waals surface area contributed by atoms with E-state index >= 15 is 0 Å². The number of amides is 1. The number of aromatic nitrogens is 1. The van der Waals surface area contributed by atoms with Gasteiger partial charge < -0.3 is 9.88 Å². The summed E-state index contributed by atoms with van der Waals surface area (Å²) >= 11 is 1.85. The number of aromatic amines is 1. The smallest absolute Gasteiger partial charge is 0.256 e. The van der Waals surface area contributed by atoms with Gasteiger partial charge in [-0.15, -0.1) is 0 Å². The Balaban J connectivity index is 1.89. The summed E-state index contributed by atoms with van der Waals surface area (Å²) in [6, 6.07) is 7.95. The first-order valence-electron chi connectivity index (χ1n) is 6.18. The average Bonchev–Trinajstić information content (AvgIpc) is 3.04. The highest BCUT2D eigenvalue weighted by molar-refractivity contribution is 7.99. The Bertz CT molecular complexity index is 578. The third kappa shape index (κ3) is 1.90. The van der Waals surface area contributed by atoms with Crippen molar-refractivity contribution in [2.75, 3.05) is 19.3 Å². The largest absolute Gasteiger partial charge is 0.360 e. The van der Waals surface area contributed by atoms with Crippen LogP contribution in [0.15, 0.2) is 30.5 Å². The van der Waals surface area contributed by atoms with Gasteiger partial charge in [-0.2, -0.15) is 11.8 Å². The van der Waals surface area contributed by atoms with Crippen LogP contribution in [0.25, 0.3) is 10.9 Å². The van der Waals surface area contributed by atoms with Crippen molar-refractivity contribution in [1.82, 2.24) is 9.88 Å². The zero-order chi connectivity index (χ0) is 12.5. The maximum absolute atomic E-state index is 12.5. The van der Waals surface area contributed by atoms with Gasteiger partial charge in [0.25, 0.3) is 5.91 Å². The van der Waals surface area contributed by atoms with Crippen molar-refractivity contribution in [1.29, 1.82) is 0 Å². The number of H-pyrrole nitrogens is 1. The van der Waals surface area contributed by atoms with Crippen molar-refractivity contribution in [2.24, 2.45) is 0 Å². The second-order valence-corrected chi connectivity index (χ2v) is 5.78. The van der Waals surface area contributed by atoms with Crippen molar-refractivity contribution in [2.45, 2.75) is 11.7 Å². The topological polar surface area (TPSA) is 36.1 Å². The Labute approximate surface area is 111 Å². The van der Waals surface area contributed by atoms with E-state index in [1.165, 1.54) is 0 Å². The molecule has 1 atom stereocenters. The monoisotopic (exact) mass is 260 g/mol. The Kier molecular flexibility index (Phi) is 3.04. The molecule has 0 aliphatic carbocycles. The molecule has 2 heterocycles. The van der Waals surface area contributed by atoms with Gasteiger partial charge in [0.15, 0.2) is 0 Å². The highest BCUT2D eigenvalue weighted by Gasteiger charge is 2.27. The molecule has 1 N–H and O–H groups in total. The van der Waals surface area contributed by atoms with E-state index in [0.29, 0.717) is 5.25 Å². The third-order valence-corrected chi connectivity index (χ3v) is 4.64. The fourth-order valence-corrected chi connectivity index (χ4v) is 3.19. The standard InChI is InChI=1S/C14H16N2OS/c1-18-10-6-7-16(9-10)14(17)12-8-15-13-5-3-2-4-11(12)13/h2-5,8,10,15H,6-7,9H2,1H3/t10-/m0/s1. The van der Waals surface area contributed by atoms with Crippen molar-refractivity contribution >= 4 is 28.6 Å². The molecule has 1 aromatic heterocycles. The van der Waals surface area contributed by atoms with E-state index in [1.807, 2.05) is 47.1 Å². The lowest BCUT2D eigenvalue weighted by Crippen LogP contribution is -2.28. The lowest BCUT2D eigenvalue weighted by atomic mass is 10.1. The molecule has 1 aromatic carbocycles. The molecule has 0 spiro atoms. The van der Waals surface area contributed by atoms with E-state index in [9.17, 15) is 4.79 Å². The quantitative estimate of drug-likeness (QED) is 0.901. The molecule has 1 aliphatic rings. The Hall–Kier alpha value is -1.42. The van der Waals surface area contributed by atoms with Crippen molar-refractivity contribution in [3.63, 3.8) is 0 Å². The number of carbonyl (C=O) groups excluding carboxylic acids is 1. The highest BCUT2D eigenvalue weighted by atomic mass is 32.2. The molecule has 1 fully saturated rings. The SMILES string of the molecule is CS[C@H]1CCN(C(=O)c2c[nH]c3ccccc23)C1. The van der Waals surface area contributed by atoms with E-state index in [-0.39, 0.29) is 5.91 Å². The summed E-state index contributed by atoms with van der Waals surface area (Å²) in [5.74, 6) is 0.156. The molecule has 0 unspecified atom stereocenters. The summed E-state index contributed by atoms with van der Waals surface area (Å²) < 4.78 is 0. The van der Waals surface area contributed by atoms with Gasteiger partial charge in [0.05, 0.1) is 5.56 Å². The first-order valence-corrected chi connectivity index (χ1v) is 7.46. The number of hydrogen-bond acceptors (Lipinski definition) is 2. The fourth-order valence-electron chi connectivity index (χ4n) is 2.52. The molecule has 3 nitrogen and oxygen atoms in total. The summed E-state index contributed by atoms with van der Waals surface area (Å²) in [4.78, 5) is 17.6. The van der Waals surface area contributed by atoms with Gasteiger partial charge in [-0.3, -0.25) is 4.79 Å². The molecule has 94 valence electrons. The number of nitrogens with zero attached hydrogens (tertiary/aromatic N) is 1. The van der Waals surface area contributed by atoms with Crippen LogP contribution in [0.4, 0.5) is 0 Å². The van der Waals surface area contributed by atoms with Crippen LogP contribution >= 0.6 is 11.8 Å². The van der Waals surface area contributed by atoms with Crippen LogP contribution in [0.5, 0.6) is 0 Å². The van der Waals surface area contributed by atoms with Gasteiger partial charge in [0, 0.05) is 35.4 Å². The van der Waals surface area contributed by atoms with Crippen LogP contribution in [0.3, 0.4) is 0 Å². The molecular weight excluding hydrogens is 244 g/mol. The van der Waals surface area contributed by atoms with E-state index in [0.717, 1.165) is 36.0 Å². The zero-order valence-corrected chi connectivity index (χ0v) is 11.2. The zero-order valence-electron chi connectivity index (χ0n) is 10.3. The maximum Gasteiger partial charge on any atom is 0.256 e. The molecule has 0 radical (unpaired) electrons. The predicted molar refractivity (Wildman–Crippen MR) is 76.1 cm³/mol. The number of fused-ring (bicyclic) bond motifs is 1. The second kappa shape index (κ2) is 4.69. The summed E-state index contributed by atoms with van der Waals surface area (Å²) in [6.07, 6.45) is 5.05. The lowest BCUT2D eigenvalue weighted by molar-refractivity contribution is 0.0795. The molecule has 18 heavy (non-hydrogen) atoms. The number of thioether (sulfide) groups is 1. The minimum Gasteiger partial charge on any atom is -0.360 e. The number of benzene rings is 1. The molecule has 1 saturated heterocycles. The van der Waals surface area contributed by atoms with Gasteiger partial charge in [-0.05, 0) is 18.7 Å². The van der Waals surface area contributed by atoms with Crippen LogP contribution in [-0.4, -0.2) is 40.4 Å². The summed E-state index contributed by atoms with van der Waals surface area (Å²) in [6.45, 7) is 1.75. The number of rotatable bonds is 2. The maximum atomic E-state index is 12.5. The number of carbonyl (C=O) groups is 1. The number of para-hydroxylation sites is 1. The third-order valence-electron chi connectivity index (χ3n) is 3.59. The average molecular weight is 260 g/mol. The van der Waals surface area contributed by atoms with Gasteiger partial charge in [0.2, 0.25) is 0 Å². The van der Waals surface area contributed by atoms with E-state index in [4.69, 9.17) is 0 Å². The minimum absolute atomic E-state index is 0.156. The fraction of sp³-hybridized carbons (Fsp3) is 0.357. The Morgan fingerprint density at radius 2 is 2.28 bits per heavy atom. The number of hydrogen-bond donors (Lipinski definition) is 1. The van der Waals surface area contributed by atoms with Gasteiger partial charge in [-0.25, -0.2) is 0 Å². The molecular formula is C14H16N2OS. The van der Waals surface area contributed by atoms with Crippen LogP contribution < -0.4 is 0 Å². The summed E-state index contributed by atoms with van der Waals surface area (Å²) in [5.41, 5.74) is 1.83. The van der Waals surface area contributed by atoms with Gasteiger partial charge in [-0.1, -0.05) is 18.2 Å². The van der Waals surface area contributed by atoms with E-state index in [1.54, 1.807) is 0 Å². The highest BCUT2D eigenvalue weighted by Crippen LogP contribution is 2.24. The molecule has 0 bridgehead atoms. The van der Waals surface area contributed by atoms with E-state index < -0.39 is 0 Å². The van der Waals surface area contributed by atoms with Crippen LogP contribution in [-0.2, 0) is 0 Å². The van der Waals surface area contributed by atoms with E-state index in [2.05, 4.69) is 11.2 Å². The second-order valence-electron chi connectivity index (χ2n) is 4.65. The minimum atomic E-state index is 0.156. The molecule has 2 aromatic rings. The molecule has 1 aliphatic heterocycles. The summed E-state index contributed by atoms with van der Waals surface area (Å²) in [5, 5.41) is 1.62. The van der Waals surface area contributed by atoms with Crippen LogP contribution in [0, 0.1) is 0 Å². The lowest BCUT2D eigenvalue weighted by Gasteiger charge is -2.15. The predicted octanol–water partition coefficient (Wildman–Crippen LogP) is 2.75. The number of likely N-dealkylation sites (tertiary alicyclic amines) is 1.